The third-order valence-corrected chi connectivity index (χ3v) is 1.95. The van der Waals surface area contributed by atoms with Crippen LogP contribution in [-0.4, -0.2) is 14.9 Å². The van der Waals surface area contributed by atoms with Gasteiger partial charge in [0.15, 0.2) is 0 Å². The van der Waals surface area contributed by atoms with Gasteiger partial charge < -0.3 is 5.32 Å². The van der Waals surface area contributed by atoms with Gasteiger partial charge in [-0.05, 0) is 24.3 Å². The fourth-order valence-electron chi connectivity index (χ4n) is 1.14. The summed E-state index contributed by atoms with van der Waals surface area (Å²) in [5, 5.41) is 13.2. The van der Waals surface area contributed by atoms with Gasteiger partial charge in [-0.3, -0.25) is 10.1 Å². The number of rotatable bonds is 3. The summed E-state index contributed by atoms with van der Waals surface area (Å²) in [6, 6.07) is 5.60. The first-order valence-electron chi connectivity index (χ1n) is 4.64. The van der Waals surface area contributed by atoms with E-state index in [1.807, 2.05) is 0 Å². The van der Waals surface area contributed by atoms with Crippen LogP contribution in [0.1, 0.15) is 0 Å². The van der Waals surface area contributed by atoms with Crippen LogP contribution in [0.2, 0.25) is 0 Å². The fourth-order valence-corrected chi connectivity index (χ4v) is 1.14. The average molecular weight is 234 g/mol. The van der Waals surface area contributed by atoms with Crippen molar-refractivity contribution in [3.8, 4) is 0 Å². The third kappa shape index (κ3) is 2.71. The van der Waals surface area contributed by atoms with Crippen LogP contribution in [0.4, 0.5) is 21.7 Å². The molecule has 0 aliphatic rings. The maximum atomic E-state index is 12.6. The number of anilines is 2. The van der Waals surface area contributed by atoms with Gasteiger partial charge >= 0.3 is 5.69 Å². The zero-order valence-electron chi connectivity index (χ0n) is 8.50. The monoisotopic (exact) mass is 234 g/mol. The zero-order valence-corrected chi connectivity index (χ0v) is 8.50. The van der Waals surface area contributed by atoms with E-state index >= 15 is 0 Å². The first-order valence-corrected chi connectivity index (χ1v) is 4.64. The van der Waals surface area contributed by atoms with Crippen molar-refractivity contribution >= 4 is 17.3 Å². The van der Waals surface area contributed by atoms with Crippen LogP contribution in [0, 0.1) is 15.9 Å². The largest absolute Gasteiger partial charge is 0.324 e. The van der Waals surface area contributed by atoms with Crippen LogP contribution in [0.3, 0.4) is 0 Å². The lowest BCUT2D eigenvalue weighted by molar-refractivity contribution is -0.385. The van der Waals surface area contributed by atoms with Crippen molar-refractivity contribution in [3.63, 3.8) is 0 Å². The minimum Gasteiger partial charge on any atom is -0.324 e. The normalized spacial score (nSPS) is 9.94. The summed E-state index contributed by atoms with van der Waals surface area (Å²) in [6.45, 7) is 0. The number of aromatic nitrogens is 2. The summed E-state index contributed by atoms with van der Waals surface area (Å²) in [6.07, 6.45) is 2.19. The predicted molar refractivity (Wildman–Crippen MR) is 58.4 cm³/mol. The lowest BCUT2D eigenvalue weighted by Gasteiger charge is -2.03. The molecule has 1 aromatic heterocycles. The summed E-state index contributed by atoms with van der Waals surface area (Å²) in [7, 11) is 0. The summed E-state index contributed by atoms with van der Waals surface area (Å²) >= 11 is 0. The number of hydrogen-bond acceptors (Lipinski definition) is 5. The summed E-state index contributed by atoms with van der Waals surface area (Å²) in [5.41, 5.74) is 0.412. The van der Waals surface area contributed by atoms with Crippen LogP contribution in [0.25, 0.3) is 0 Å². The van der Waals surface area contributed by atoms with Gasteiger partial charge in [0, 0.05) is 5.69 Å². The van der Waals surface area contributed by atoms with Crippen LogP contribution >= 0.6 is 0 Å². The Kier molecular flexibility index (Phi) is 2.91. The molecule has 0 saturated carbocycles. The maximum absolute atomic E-state index is 12.6. The number of nitrogens with one attached hydrogen (secondary N) is 1. The molecule has 0 spiro atoms. The van der Waals surface area contributed by atoms with Crippen molar-refractivity contribution in [2.45, 2.75) is 0 Å². The average Bonchev–Trinajstić information content (AvgIpc) is 2.33. The fraction of sp³-hybridized carbons (Fsp3) is 0. The van der Waals surface area contributed by atoms with Crippen LogP contribution in [0.15, 0.2) is 36.7 Å². The minimum atomic E-state index is -0.582. The molecule has 1 aromatic carbocycles. The molecule has 0 atom stereocenters. The zero-order chi connectivity index (χ0) is 12.3. The molecule has 0 aliphatic carbocycles. The molecule has 86 valence electrons. The number of benzene rings is 1. The Morgan fingerprint density at radius 1 is 1.18 bits per heavy atom. The molecule has 2 aromatic rings. The smallest absolute Gasteiger partial charge is 0.305 e. The van der Waals surface area contributed by atoms with Gasteiger partial charge in [0.1, 0.15) is 18.2 Å². The standard InChI is InChI=1S/C10H7FN4O2/c11-7-1-3-8(4-2-7)14-10-12-5-9(6-13-10)15(16)17/h1-6H,(H,12,13,14). The molecular weight excluding hydrogens is 227 g/mol. The Morgan fingerprint density at radius 3 is 2.29 bits per heavy atom. The van der Waals surface area contributed by atoms with Gasteiger partial charge in [-0.15, -0.1) is 0 Å². The third-order valence-electron chi connectivity index (χ3n) is 1.95. The SMILES string of the molecule is O=[N+]([O-])c1cnc(Nc2ccc(F)cc2)nc1. The summed E-state index contributed by atoms with van der Waals surface area (Å²) in [4.78, 5) is 17.3. The molecular formula is C10H7FN4O2. The first kappa shape index (κ1) is 10.9. The van der Waals surface area contributed by atoms with E-state index < -0.39 is 4.92 Å². The second-order valence-electron chi connectivity index (χ2n) is 3.15. The van der Waals surface area contributed by atoms with Gasteiger partial charge in [0.2, 0.25) is 5.95 Å². The second-order valence-corrected chi connectivity index (χ2v) is 3.15. The molecule has 0 aliphatic heterocycles. The highest BCUT2D eigenvalue weighted by Gasteiger charge is 2.06. The van der Waals surface area contributed by atoms with E-state index in [-0.39, 0.29) is 17.5 Å². The Balaban J connectivity index is 2.13. The Labute approximate surface area is 95.3 Å². The quantitative estimate of drug-likeness (QED) is 0.650. The van der Waals surface area contributed by atoms with Crippen molar-refractivity contribution in [3.05, 3.63) is 52.6 Å². The van der Waals surface area contributed by atoms with Gasteiger partial charge in [0.25, 0.3) is 0 Å². The lowest BCUT2D eigenvalue weighted by atomic mass is 10.3. The van der Waals surface area contributed by atoms with Crippen molar-refractivity contribution in [1.29, 1.82) is 0 Å². The summed E-state index contributed by atoms with van der Waals surface area (Å²) in [5.74, 6) is -0.137. The van der Waals surface area contributed by atoms with Crippen LogP contribution in [0.5, 0.6) is 0 Å². The Bertz CT molecular complexity index is 527. The minimum absolute atomic E-state index is 0.186. The van der Waals surface area contributed by atoms with Crippen LogP contribution < -0.4 is 5.32 Å². The Hall–Kier alpha value is -2.57. The maximum Gasteiger partial charge on any atom is 0.305 e. The molecule has 0 saturated heterocycles. The molecule has 17 heavy (non-hydrogen) atoms. The van der Waals surface area contributed by atoms with E-state index in [1.165, 1.54) is 24.3 Å². The van der Waals surface area contributed by atoms with Crippen LogP contribution in [-0.2, 0) is 0 Å². The molecule has 1 heterocycles. The highest BCUT2D eigenvalue weighted by molar-refractivity contribution is 5.52. The summed E-state index contributed by atoms with van der Waals surface area (Å²) < 4.78 is 12.6. The number of hydrogen-bond donors (Lipinski definition) is 1. The topological polar surface area (TPSA) is 81.0 Å². The van der Waals surface area contributed by atoms with E-state index in [1.54, 1.807) is 0 Å². The molecule has 2 rings (SSSR count). The van der Waals surface area contributed by atoms with Crippen molar-refractivity contribution in [1.82, 2.24) is 9.97 Å². The molecule has 0 bridgehead atoms. The van der Waals surface area contributed by atoms with Gasteiger partial charge in [-0.1, -0.05) is 0 Å². The van der Waals surface area contributed by atoms with E-state index in [2.05, 4.69) is 15.3 Å². The Morgan fingerprint density at radius 2 is 1.76 bits per heavy atom. The molecule has 0 radical (unpaired) electrons. The van der Waals surface area contributed by atoms with Gasteiger partial charge in [0.05, 0.1) is 4.92 Å². The second kappa shape index (κ2) is 4.52. The molecule has 0 fully saturated rings. The highest BCUT2D eigenvalue weighted by atomic mass is 19.1. The van der Waals surface area contributed by atoms with Crippen molar-refractivity contribution in [2.24, 2.45) is 0 Å². The molecule has 0 amide bonds. The number of halogens is 1. The van der Waals surface area contributed by atoms with E-state index in [4.69, 9.17) is 0 Å². The van der Waals surface area contributed by atoms with E-state index in [0.717, 1.165) is 12.4 Å². The first-order chi connectivity index (χ1) is 8.15. The van der Waals surface area contributed by atoms with Crippen molar-refractivity contribution < 1.29 is 9.31 Å². The molecule has 7 heteroatoms. The number of nitro groups is 1. The molecule has 0 unspecified atom stereocenters. The van der Waals surface area contributed by atoms with E-state index in [0.29, 0.717) is 5.69 Å². The highest BCUT2D eigenvalue weighted by Crippen LogP contribution is 2.14. The predicted octanol–water partition coefficient (Wildman–Crippen LogP) is 2.27. The van der Waals surface area contributed by atoms with Gasteiger partial charge in [-0.25, -0.2) is 14.4 Å². The molecule has 1 N–H and O–H groups in total. The van der Waals surface area contributed by atoms with E-state index in [9.17, 15) is 14.5 Å². The van der Waals surface area contributed by atoms with Crippen molar-refractivity contribution in [2.75, 3.05) is 5.32 Å². The lowest BCUT2D eigenvalue weighted by Crippen LogP contribution is -1.98. The van der Waals surface area contributed by atoms with Gasteiger partial charge in [-0.2, -0.15) is 0 Å². The number of nitrogens with zero attached hydrogens (tertiary/aromatic N) is 3. The molecule has 6 nitrogen and oxygen atoms in total.